The first kappa shape index (κ1) is 16.2. The normalized spacial score (nSPS) is 14.5. The monoisotopic (exact) mass is 306 g/mol. The van der Waals surface area contributed by atoms with E-state index >= 15 is 0 Å². The minimum absolute atomic E-state index is 0.101. The molecule has 0 unspecified atom stereocenters. The predicted molar refractivity (Wildman–Crippen MR) is 79.3 cm³/mol. The van der Waals surface area contributed by atoms with Crippen molar-refractivity contribution in [2.24, 2.45) is 7.05 Å². The lowest BCUT2D eigenvalue weighted by atomic mass is 9.95. The number of aromatic nitrogens is 1. The third-order valence-corrected chi connectivity index (χ3v) is 3.49. The fourth-order valence-corrected chi connectivity index (χ4v) is 2.55. The van der Waals surface area contributed by atoms with E-state index in [0.29, 0.717) is 11.3 Å². The highest BCUT2D eigenvalue weighted by Gasteiger charge is 2.33. The Morgan fingerprint density at radius 3 is 2.59 bits per heavy atom. The lowest BCUT2D eigenvalue weighted by molar-refractivity contribution is 0.0971. The summed E-state index contributed by atoms with van der Waals surface area (Å²) in [6.45, 7) is -0.610. The Balaban J connectivity index is 2.57. The van der Waals surface area contributed by atoms with Crippen molar-refractivity contribution in [3.8, 4) is 0 Å². The molecule has 0 atom stereocenters. The lowest BCUT2D eigenvalue weighted by Gasteiger charge is -2.15. The molecule has 118 valence electrons. The maximum absolute atomic E-state index is 12.5. The number of rotatable bonds is 6. The third-order valence-electron chi connectivity index (χ3n) is 3.49. The van der Waals surface area contributed by atoms with E-state index in [0.717, 1.165) is 0 Å². The van der Waals surface area contributed by atoms with Crippen molar-refractivity contribution in [1.29, 1.82) is 0 Å². The summed E-state index contributed by atoms with van der Waals surface area (Å²) in [7, 11) is 1.63. The minimum Gasteiger partial charge on any atom is -0.395 e. The molecule has 0 saturated heterocycles. The number of nitrogens with zero attached hydrogens (tertiary/aromatic N) is 1. The summed E-state index contributed by atoms with van der Waals surface area (Å²) in [4.78, 5) is 24.8. The summed E-state index contributed by atoms with van der Waals surface area (Å²) in [5, 5.41) is 30.0. The SMILES string of the molecule is Cn1c(/C=C/CO)c(CO)c2c1C(=O)C=C(NCCO)C2=O. The molecule has 0 bridgehead atoms. The summed E-state index contributed by atoms with van der Waals surface area (Å²) in [5.74, 6) is -0.748. The molecule has 1 aromatic rings. The van der Waals surface area contributed by atoms with Gasteiger partial charge >= 0.3 is 0 Å². The number of carbonyl (C=O) groups excluding carboxylic acids is 2. The molecule has 0 saturated carbocycles. The van der Waals surface area contributed by atoms with Gasteiger partial charge in [-0.15, -0.1) is 0 Å². The predicted octanol–water partition coefficient (Wildman–Crippen LogP) is -0.632. The molecule has 0 amide bonds. The van der Waals surface area contributed by atoms with Crippen molar-refractivity contribution in [3.63, 3.8) is 0 Å². The molecule has 1 aromatic heterocycles. The summed E-state index contributed by atoms with van der Waals surface area (Å²) in [6.07, 6.45) is 4.22. The van der Waals surface area contributed by atoms with Crippen LogP contribution in [0.4, 0.5) is 0 Å². The molecule has 22 heavy (non-hydrogen) atoms. The van der Waals surface area contributed by atoms with Crippen molar-refractivity contribution in [3.05, 3.63) is 40.4 Å². The van der Waals surface area contributed by atoms with Crippen molar-refractivity contribution in [2.45, 2.75) is 6.61 Å². The Bertz CT molecular complexity index is 670. The van der Waals surface area contributed by atoms with Crippen LogP contribution < -0.4 is 5.32 Å². The van der Waals surface area contributed by atoms with Crippen LogP contribution in [0.3, 0.4) is 0 Å². The fraction of sp³-hybridized carbons (Fsp3) is 0.333. The van der Waals surface area contributed by atoms with Crippen molar-refractivity contribution in [1.82, 2.24) is 9.88 Å². The largest absolute Gasteiger partial charge is 0.395 e. The molecule has 0 aliphatic heterocycles. The minimum atomic E-state index is -0.402. The van der Waals surface area contributed by atoms with Crippen molar-refractivity contribution < 1.29 is 24.9 Å². The number of fused-ring (bicyclic) bond motifs is 1. The summed E-state index contributed by atoms with van der Waals surface area (Å²) >= 11 is 0. The number of allylic oxidation sites excluding steroid dienone is 2. The zero-order valence-electron chi connectivity index (χ0n) is 12.2. The Labute approximate surface area is 127 Å². The van der Waals surface area contributed by atoms with Crippen LogP contribution in [0.1, 0.15) is 32.1 Å². The van der Waals surface area contributed by atoms with Crippen LogP contribution in [0, 0.1) is 0 Å². The van der Waals surface area contributed by atoms with Crippen LogP contribution in [0.15, 0.2) is 17.8 Å². The van der Waals surface area contributed by atoms with Gasteiger partial charge in [-0.3, -0.25) is 9.59 Å². The van der Waals surface area contributed by atoms with Crippen LogP contribution in [-0.4, -0.2) is 51.2 Å². The molecule has 7 heteroatoms. The zero-order valence-corrected chi connectivity index (χ0v) is 12.2. The van der Waals surface area contributed by atoms with Gasteiger partial charge in [0.05, 0.1) is 31.1 Å². The second kappa shape index (κ2) is 6.69. The maximum atomic E-state index is 12.5. The van der Waals surface area contributed by atoms with Gasteiger partial charge in [0.2, 0.25) is 11.6 Å². The van der Waals surface area contributed by atoms with Crippen LogP contribution in [-0.2, 0) is 13.7 Å². The Morgan fingerprint density at radius 1 is 1.27 bits per heavy atom. The molecular weight excluding hydrogens is 288 g/mol. The number of nitrogens with one attached hydrogen (secondary N) is 1. The van der Waals surface area contributed by atoms with Crippen LogP contribution in [0.2, 0.25) is 0 Å². The number of ketones is 2. The van der Waals surface area contributed by atoms with Crippen LogP contribution in [0.5, 0.6) is 0 Å². The molecular formula is C15H18N2O5. The quantitative estimate of drug-likeness (QED) is 0.557. The smallest absolute Gasteiger partial charge is 0.211 e. The van der Waals surface area contributed by atoms with E-state index in [2.05, 4.69) is 5.32 Å². The van der Waals surface area contributed by atoms with Crippen molar-refractivity contribution >= 4 is 17.6 Å². The Hall–Kier alpha value is -2.22. The number of aliphatic hydroxyl groups is 3. The first-order chi connectivity index (χ1) is 10.6. The van der Waals surface area contributed by atoms with E-state index in [-0.39, 0.29) is 42.5 Å². The average molecular weight is 306 g/mol. The van der Waals surface area contributed by atoms with Gasteiger partial charge in [-0.05, 0) is 6.08 Å². The van der Waals surface area contributed by atoms with Gasteiger partial charge in [-0.1, -0.05) is 6.08 Å². The average Bonchev–Trinajstić information content (AvgIpc) is 2.80. The Morgan fingerprint density at radius 2 is 2.00 bits per heavy atom. The second-order valence-electron chi connectivity index (χ2n) is 4.79. The highest BCUT2D eigenvalue weighted by Crippen LogP contribution is 2.29. The first-order valence-corrected chi connectivity index (χ1v) is 6.82. The Kier molecular flexibility index (Phi) is 4.92. The first-order valence-electron chi connectivity index (χ1n) is 6.82. The molecule has 4 N–H and O–H groups in total. The maximum Gasteiger partial charge on any atom is 0.211 e. The second-order valence-corrected chi connectivity index (χ2v) is 4.79. The van der Waals surface area contributed by atoms with E-state index in [1.54, 1.807) is 13.1 Å². The van der Waals surface area contributed by atoms with Crippen LogP contribution in [0.25, 0.3) is 6.08 Å². The molecule has 7 nitrogen and oxygen atoms in total. The fourth-order valence-electron chi connectivity index (χ4n) is 2.55. The summed E-state index contributed by atoms with van der Waals surface area (Å²) in [6, 6.07) is 0. The summed E-state index contributed by atoms with van der Waals surface area (Å²) in [5.41, 5.74) is 1.32. The zero-order chi connectivity index (χ0) is 16.3. The van der Waals surface area contributed by atoms with E-state index in [1.807, 2.05) is 0 Å². The lowest BCUT2D eigenvalue weighted by Crippen LogP contribution is -2.29. The molecule has 1 heterocycles. The highest BCUT2D eigenvalue weighted by molar-refractivity contribution is 6.24. The van der Waals surface area contributed by atoms with Gasteiger partial charge in [0, 0.05) is 30.9 Å². The molecule has 0 radical (unpaired) electrons. The number of hydrogen-bond acceptors (Lipinski definition) is 6. The van der Waals surface area contributed by atoms with Crippen molar-refractivity contribution in [2.75, 3.05) is 19.8 Å². The summed E-state index contributed by atoms with van der Waals surface area (Å²) < 4.78 is 1.53. The molecule has 0 spiro atoms. The van der Waals surface area contributed by atoms with Gasteiger partial charge in [-0.25, -0.2) is 0 Å². The number of carbonyl (C=O) groups is 2. The molecule has 1 aliphatic rings. The number of aliphatic hydroxyl groups excluding tert-OH is 3. The van der Waals surface area contributed by atoms with Gasteiger partial charge in [0.15, 0.2) is 0 Å². The third kappa shape index (κ3) is 2.61. The van der Waals surface area contributed by atoms with E-state index < -0.39 is 12.4 Å². The van der Waals surface area contributed by atoms with Gasteiger partial charge in [-0.2, -0.15) is 0 Å². The molecule has 1 aliphatic carbocycles. The highest BCUT2D eigenvalue weighted by atomic mass is 16.3. The molecule has 0 fully saturated rings. The molecule has 0 aromatic carbocycles. The van der Waals surface area contributed by atoms with Crippen LogP contribution >= 0.6 is 0 Å². The van der Waals surface area contributed by atoms with E-state index in [4.69, 9.17) is 10.2 Å². The van der Waals surface area contributed by atoms with Gasteiger partial charge in [0.1, 0.15) is 5.69 Å². The van der Waals surface area contributed by atoms with E-state index in [9.17, 15) is 14.7 Å². The van der Waals surface area contributed by atoms with E-state index in [1.165, 1.54) is 16.7 Å². The topological polar surface area (TPSA) is 112 Å². The van der Waals surface area contributed by atoms with Gasteiger partial charge < -0.3 is 25.2 Å². The standard InChI is InChI=1S/C15H18N2O5/c1-17-11(3-2-5-18)9(8-20)13-14(17)12(21)7-10(15(13)22)16-4-6-19/h2-3,7,16,18-20H,4-6,8H2,1H3/b3-2+. The van der Waals surface area contributed by atoms with Gasteiger partial charge in [0.25, 0.3) is 0 Å². The molecule has 2 rings (SSSR count). The number of hydrogen-bond donors (Lipinski definition) is 4. The number of Topliss-reactive ketones (excluding diaryl/α,β-unsaturated/α-hetero) is 1.